The van der Waals surface area contributed by atoms with Crippen LogP contribution < -0.4 is 5.32 Å². The van der Waals surface area contributed by atoms with E-state index in [1.807, 2.05) is 30.4 Å². The summed E-state index contributed by atoms with van der Waals surface area (Å²) in [5.74, 6) is 0.260. The van der Waals surface area contributed by atoms with Crippen LogP contribution in [0, 0.1) is 0 Å². The number of allylic oxidation sites excluding steroid dienone is 6. The van der Waals surface area contributed by atoms with Crippen LogP contribution in [0.5, 0.6) is 0 Å². The average molecular weight is 309 g/mol. The molecule has 0 fully saturated rings. The summed E-state index contributed by atoms with van der Waals surface area (Å²) in [6.45, 7) is 6.25. The van der Waals surface area contributed by atoms with Gasteiger partial charge in [-0.1, -0.05) is 30.4 Å². The number of anilines is 1. The van der Waals surface area contributed by atoms with Gasteiger partial charge in [-0.05, 0) is 56.0 Å². The molecule has 1 heterocycles. The molecule has 3 nitrogen and oxygen atoms in total. The summed E-state index contributed by atoms with van der Waals surface area (Å²) in [4.78, 5) is 0. The van der Waals surface area contributed by atoms with Crippen molar-refractivity contribution >= 4 is 16.8 Å². The number of benzene rings is 1. The van der Waals surface area contributed by atoms with E-state index in [4.69, 9.17) is 0 Å². The normalized spacial score (nSPS) is 19.0. The minimum absolute atomic E-state index is 0.0693. The van der Waals surface area contributed by atoms with E-state index >= 15 is 0 Å². The molecular formula is C20H23NO2. The van der Waals surface area contributed by atoms with E-state index in [2.05, 4.69) is 32.2 Å². The Morgan fingerprint density at radius 3 is 2.78 bits per heavy atom. The molecule has 2 aliphatic rings. The maximum Gasteiger partial charge on any atom is 0.119 e. The molecule has 120 valence electrons. The van der Waals surface area contributed by atoms with Crippen LogP contribution in [-0.2, 0) is 6.61 Å². The average Bonchev–Trinajstić information content (AvgIpc) is 2.69. The van der Waals surface area contributed by atoms with E-state index in [0.29, 0.717) is 6.42 Å². The third kappa shape index (κ3) is 2.84. The van der Waals surface area contributed by atoms with Crippen LogP contribution in [0.3, 0.4) is 0 Å². The summed E-state index contributed by atoms with van der Waals surface area (Å²) in [6.07, 6.45) is 10.5. The Hall–Kier alpha value is -2.26. The lowest BCUT2D eigenvalue weighted by atomic mass is 9.85. The number of aliphatic hydroxyl groups is 2. The molecule has 1 aromatic rings. The maximum absolute atomic E-state index is 10.3. The minimum atomic E-state index is -0.113. The van der Waals surface area contributed by atoms with Crippen LogP contribution in [-0.4, -0.2) is 15.8 Å². The lowest BCUT2D eigenvalue weighted by Gasteiger charge is -2.33. The third-order valence-electron chi connectivity index (χ3n) is 4.31. The monoisotopic (exact) mass is 309 g/mol. The SMILES string of the molecule is CC1=CC(C)(C)Nc2ccc(C3=CC=CCC=C3O)c(CO)c21. The molecule has 0 saturated carbocycles. The first-order valence-electron chi connectivity index (χ1n) is 7.94. The largest absolute Gasteiger partial charge is 0.508 e. The van der Waals surface area contributed by atoms with E-state index in [1.165, 1.54) is 0 Å². The summed E-state index contributed by atoms with van der Waals surface area (Å²) in [6, 6.07) is 4.01. The van der Waals surface area contributed by atoms with Crippen LogP contribution in [0.4, 0.5) is 5.69 Å². The van der Waals surface area contributed by atoms with Crippen molar-refractivity contribution < 1.29 is 10.2 Å². The van der Waals surface area contributed by atoms with Gasteiger partial charge in [0, 0.05) is 16.8 Å². The lowest BCUT2D eigenvalue weighted by Crippen LogP contribution is -2.32. The molecule has 0 saturated heterocycles. The zero-order valence-corrected chi connectivity index (χ0v) is 13.9. The topological polar surface area (TPSA) is 52.5 Å². The van der Waals surface area contributed by atoms with Gasteiger partial charge in [0.25, 0.3) is 0 Å². The van der Waals surface area contributed by atoms with Crippen molar-refractivity contribution in [2.75, 3.05) is 5.32 Å². The standard InChI is InChI=1S/C20H23NO2/c1-13-11-20(2,3)21-17-10-9-14(16(12-22)19(13)17)15-7-5-4-6-8-18(15)23/h4-5,7-11,21-23H,6,12H2,1-3H3. The van der Waals surface area contributed by atoms with Gasteiger partial charge in [-0.25, -0.2) is 0 Å². The van der Waals surface area contributed by atoms with E-state index in [0.717, 1.165) is 33.5 Å². The van der Waals surface area contributed by atoms with E-state index in [-0.39, 0.29) is 17.9 Å². The fraction of sp³-hybridized carbons (Fsp3) is 0.300. The quantitative estimate of drug-likeness (QED) is 0.750. The van der Waals surface area contributed by atoms with Crippen molar-refractivity contribution in [2.45, 2.75) is 39.3 Å². The Kier molecular flexibility index (Phi) is 3.90. The Bertz CT molecular complexity index is 764. The fourth-order valence-corrected chi connectivity index (χ4v) is 3.46. The molecule has 1 aliphatic heterocycles. The van der Waals surface area contributed by atoms with Crippen molar-refractivity contribution in [1.82, 2.24) is 0 Å². The van der Waals surface area contributed by atoms with Gasteiger partial charge in [0.1, 0.15) is 5.76 Å². The highest BCUT2D eigenvalue weighted by Gasteiger charge is 2.26. The van der Waals surface area contributed by atoms with Gasteiger partial charge in [0.15, 0.2) is 0 Å². The van der Waals surface area contributed by atoms with Gasteiger partial charge in [-0.2, -0.15) is 0 Å². The molecule has 0 aromatic heterocycles. The van der Waals surface area contributed by atoms with Gasteiger partial charge in [0.05, 0.1) is 12.1 Å². The van der Waals surface area contributed by atoms with Crippen LogP contribution in [0.1, 0.15) is 43.9 Å². The van der Waals surface area contributed by atoms with Gasteiger partial charge < -0.3 is 15.5 Å². The van der Waals surface area contributed by atoms with Gasteiger partial charge >= 0.3 is 0 Å². The first kappa shape index (κ1) is 15.6. The second kappa shape index (κ2) is 5.74. The molecule has 0 atom stereocenters. The van der Waals surface area contributed by atoms with E-state index in [1.54, 1.807) is 6.08 Å². The summed E-state index contributed by atoms with van der Waals surface area (Å²) < 4.78 is 0. The maximum atomic E-state index is 10.3. The number of aliphatic hydroxyl groups excluding tert-OH is 2. The Labute approximate surface area is 137 Å². The Morgan fingerprint density at radius 2 is 2.04 bits per heavy atom. The first-order valence-corrected chi connectivity index (χ1v) is 7.94. The fourth-order valence-electron chi connectivity index (χ4n) is 3.46. The Morgan fingerprint density at radius 1 is 1.26 bits per heavy atom. The van der Waals surface area contributed by atoms with Crippen LogP contribution >= 0.6 is 0 Å². The minimum Gasteiger partial charge on any atom is -0.508 e. The van der Waals surface area contributed by atoms with Gasteiger partial charge in [-0.15, -0.1) is 0 Å². The molecule has 0 unspecified atom stereocenters. The van der Waals surface area contributed by atoms with E-state index in [9.17, 15) is 10.2 Å². The molecule has 0 spiro atoms. The van der Waals surface area contributed by atoms with Crippen LogP contribution in [0.2, 0.25) is 0 Å². The van der Waals surface area contributed by atoms with Crippen LogP contribution in [0.25, 0.3) is 11.1 Å². The van der Waals surface area contributed by atoms with Crippen molar-refractivity contribution in [3.8, 4) is 0 Å². The number of rotatable bonds is 2. The van der Waals surface area contributed by atoms with E-state index < -0.39 is 0 Å². The predicted octanol–water partition coefficient (Wildman–Crippen LogP) is 4.57. The summed E-state index contributed by atoms with van der Waals surface area (Å²) in [5, 5.41) is 23.8. The predicted molar refractivity (Wildman–Crippen MR) is 96.2 cm³/mol. The van der Waals surface area contributed by atoms with Crippen molar-refractivity contribution in [1.29, 1.82) is 0 Å². The summed E-state index contributed by atoms with van der Waals surface area (Å²) >= 11 is 0. The number of fused-ring (bicyclic) bond motifs is 1. The van der Waals surface area contributed by atoms with Gasteiger partial charge in [-0.3, -0.25) is 0 Å². The second-order valence-electron chi connectivity index (χ2n) is 6.68. The van der Waals surface area contributed by atoms with Gasteiger partial charge in [0.2, 0.25) is 0 Å². The molecule has 1 aromatic carbocycles. The molecule has 0 bridgehead atoms. The highest BCUT2D eigenvalue weighted by atomic mass is 16.3. The second-order valence-corrected chi connectivity index (χ2v) is 6.68. The smallest absolute Gasteiger partial charge is 0.119 e. The Balaban J connectivity index is 2.21. The van der Waals surface area contributed by atoms with Crippen LogP contribution in [0.15, 0.2) is 48.3 Å². The first-order chi connectivity index (χ1) is 10.9. The summed E-state index contributed by atoms with van der Waals surface area (Å²) in [7, 11) is 0. The molecule has 23 heavy (non-hydrogen) atoms. The highest BCUT2D eigenvalue weighted by molar-refractivity contribution is 5.89. The third-order valence-corrected chi connectivity index (χ3v) is 4.31. The zero-order chi connectivity index (χ0) is 16.6. The summed E-state index contributed by atoms with van der Waals surface area (Å²) in [5.41, 5.74) is 5.56. The molecule has 0 radical (unpaired) electrons. The number of hydrogen-bond acceptors (Lipinski definition) is 3. The molecule has 3 rings (SSSR count). The van der Waals surface area contributed by atoms with Crippen molar-refractivity contribution in [3.05, 3.63) is 65.0 Å². The molecule has 1 aliphatic carbocycles. The van der Waals surface area contributed by atoms with Crippen molar-refractivity contribution in [2.24, 2.45) is 0 Å². The molecule has 3 heteroatoms. The lowest BCUT2D eigenvalue weighted by molar-refractivity contribution is 0.281. The van der Waals surface area contributed by atoms with Crippen molar-refractivity contribution in [3.63, 3.8) is 0 Å². The molecular weight excluding hydrogens is 286 g/mol. The molecule has 3 N–H and O–H groups in total. The molecule has 0 amide bonds. The zero-order valence-electron chi connectivity index (χ0n) is 13.9. The number of hydrogen-bond donors (Lipinski definition) is 3. The number of nitrogens with one attached hydrogen (secondary N) is 1. The highest BCUT2D eigenvalue weighted by Crippen LogP contribution is 2.40.